The second-order valence-corrected chi connectivity index (χ2v) is 3.51. The Balaban J connectivity index is 2.95. The lowest BCUT2D eigenvalue weighted by atomic mass is 10.1. The molecule has 0 bridgehead atoms. The summed E-state index contributed by atoms with van der Waals surface area (Å²) in [6.45, 7) is 3.81. The van der Waals surface area contributed by atoms with Crippen molar-refractivity contribution < 1.29 is 4.79 Å². The van der Waals surface area contributed by atoms with Gasteiger partial charge in [0.2, 0.25) is 0 Å². The average molecular weight is 213 g/mol. The van der Waals surface area contributed by atoms with Crippen LogP contribution in [0.1, 0.15) is 11.1 Å². The second kappa shape index (κ2) is 4.33. The first-order valence-corrected chi connectivity index (χ1v) is 4.68. The molecule has 1 rings (SSSR count). The van der Waals surface area contributed by atoms with Crippen molar-refractivity contribution in [3.05, 3.63) is 28.3 Å². The summed E-state index contributed by atoms with van der Waals surface area (Å²) in [5.74, 6) is 0. The average Bonchev–Trinajstić information content (AvgIpc) is 2.14. The van der Waals surface area contributed by atoms with Crippen molar-refractivity contribution in [2.45, 2.75) is 13.8 Å². The fourth-order valence-electron chi connectivity index (χ4n) is 1.21. The number of amides is 2. The van der Waals surface area contributed by atoms with Gasteiger partial charge in [0.05, 0.1) is 0 Å². The summed E-state index contributed by atoms with van der Waals surface area (Å²) in [5.41, 5.74) is 2.67. The predicted molar refractivity (Wildman–Crippen MR) is 59.0 cm³/mol. The highest BCUT2D eigenvalue weighted by Crippen LogP contribution is 2.24. The van der Waals surface area contributed by atoms with Crippen LogP contribution < -0.4 is 10.6 Å². The number of hydrogen-bond acceptors (Lipinski definition) is 1. The highest BCUT2D eigenvalue weighted by molar-refractivity contribution is 6.32. The molecule has 4 heteroatoms. The molecular weight excluding hydrogens is 200 g/mol. The molecule has 0 spiro atoms. The first-order chi connectivity index (χ1) is 6.54. The van der Waals surface area contributed by atoms with Crippen LogP contribution >= 0.6 is 11.6 Å². The molecule has 2 amide bonds. The fourth-order valence-corrected chi connectivity index (χ4v) is 1.32. The molecule has 0 heterocycles. The van der Waals surface area contributed by atoms with E-state index in [0.29, 0.717) is 0 Å². The van der Waals surface area contributed by atoms with Gasteiger partial charge in [0.1, 0.15) is 0 Å². The quantitative estimate of drug-likeness (QED) is 0.739. The van der Waals surface area contributed by atoms with Gasteiger partial charge in [0, 0.05) is 17.8 Å². The molecule has 0 atom stereocenters. The molecular formula is C10H13ClN2O. The van der Waals surface area contributed by atoms with Crippen LogP contribution in [0.5, 0.6) is 0 Å². The zero-order chi connectivity index (χ0) is 10.7. The number of halogens is 1. The Morgan fingerprint density at radius 3 is 2.21 bits per heavy atom. The summed E-state index contributed by atoms with van der Waals surface area (Å²) in [4.78, 5) is 11.0. The van der Waals surface area contributed by atoms with Gasteiger partial charge in [-0.3, -0.25) is 0 Å². The van der Waals surface area contributed by atoms with E-state index in [4.69, 9.17) is 11.6 Å². The summed E-state index contributed by atoms with van der Waals surface area (Å²) < 4.78 is 0. The number of urea groups is 1. The number of nitrogens with one attached hydrogen (secondary N) is 2. The Bertz CT molecular complexity index is 340. The van der Waals surface area contributed by atoms with Crippen LogP contribution in [0, 0.1) is 13.8 Å². The van der Waals surface area contributed by atoms with Crippen LogP contribution in [-0.4, -0.2) is 13.1 Å². The Hall–Kier alpha value is -1.22. The monoisotopic (exact) mass is 212 g/mol. The molecule has 1 aromatic carbocycles. The third-order valence-electron chi connectivity index (χ3n) is 1.92. The molecule has 0 saturated carbocycles. The number of carbonyl (C=O) groups excluding carboxylic acids is 1. The first kappa shape index (κ1) is 10.9. The molecule has 14 heavy (non-hydrogen) atoms. The third kappa shape index (κ3) is 2.39. The lowest BCUT2D eigenvalue weighted by Crippen LogP contribution is -2.24. The third-order valence-corrected chi connectivity index (χ3v) is 2.52. The summed E-state index contributed by atoms with van der Waals surface area (Å²) in [5, 5.41) is 5.92. The highest BCUT2D eigenvalue weighted by atomic mass is 35.5. The van der Waals surface area contributed by atoms with Gasteiger partial charge in [0.15, 0.2) is 0 Å². The lowest BCUT2D eigenvalue weighted by molar-refractivity contribution is 0.254. The van der Waals surface area contributed by atoms with E-state index in [2.05, 4.69) is 10.6 Å². The number of aryl methyl sites for hydroxylation is 2. The van der Waals surface area contributed by atoms with E-state index in [1.807, 2.05) is 26.0 Å². The van der Waals surface area contributed by atoms with Gasteiger partial charge < -0.3 is 10.6 Å². The van der Waals surface area contributed by atoms with Crippen LogP contribution in [0.2, 0.25) is 5.02 Å². The van der Waals surface area contributed by atoms with Crippen molar-refractivity contribution in [1.29, 1.82) is 0 Å². The highest BCUT2D eigenvalue weighted by Gasteiger charge is 2.04. The fraction of sp³-hybridized carbons (Fsp3) is 0.300. The van der Waals surface area contributed by atoms with Crippen LogP contribution in [0.3, 0.4) is 0 Å². The van der Waals surface area contributed by atoms with E-state index in [0.717, 1.165) is 21.8 Å². The minimum atomic E-state index is -0.230. The molecule has 0 unspecified atom stereocenters. The van der Waals surface area contributed by atoms with E-state index in [-0.39, 0.29) is 6.03 Å². The molecule has 1 aromatic rings. The summed E-state index contributed by atoms with van der Waals surface area (Å²) in [6, 6.07) is 3.45. The number of hydrogen-bond donors (Lipinski definition) is 2. The van der Waals surface area contributed by atoms with E-state index in [1.54, 1.807) is 7.05 Å². The largest absolute Gasteiger partial charge is 0.341 e. The Labute approximate surface area is 88.5 Å². The van der Waals surface area contributed by atoms with Crippen molar-refractivity contribution in [3.63, 3.8) is 0 Å². The zero-order valence-electron chi connectivity index (χ0n) is 8.44. The van der Waals surface area contributed by atoms with E-state index < -0.39 is 0 Å². The SMILES string of the molecule is CNC(=O)Nc1cc(C)c(Cl)c(C)c1. The van der Waals surface area contributed by atoms with E-state index in [9.17, 15) is 4.79 Å². The lowest BCUT2D eigenvalue weighted by Gasteiger charge is -2.08. The van der Waals surface area contributed by atoms with Crippen LogP contribution in [0.15, 0.2) is 12.1 Å². The van der Waals surface area contributed by atoms with Gasteiger partial charge in [-0.1, -0.05) is 11.6 Å². The van der Waals surface area contributed by atoms with Crippen molar-refractivity contribution in [2.24, 2.45) is 0 Å². The molecule has 2 N–H and O–H groups in total. The van der Waals surface area contributed by atoms with Crippen molar-refractivity contribution in [1.82, 2.24) is 5.32 Å². The van der Waals surface area contributed by atoms with Gasteiger partial charge in [-0.15, -0.1) is 0 Å². The second-order valence-electron chi connectivity index (χ2n) is 3.13. The molecule has 0 radical (unpaired) electrons. The van der Waals surface area contributed by atoms with Gasteiger partial charge in [0.25, 0.3) is 0 Å². The smallest absolute Gasteiger partial charge is 0.318 e. The van der Waals surface area contributed by atoms with Gasteiger partial charge in [-0.05, 0) is 37.1 Å². The number of anilines is 1. The molecule has 76 valence electrons. The van der Waals surface area contributed by atoms with Crippen LogP contribution in [0.25, 0.3) is 0 Å². The maximum absolute atomic E-state index is 11.0. The van der Waals surface area contributed by atoms with E-state index in [1.165, 1.54) is 0 Å². The van der Waals surface area contributed by atoms with Crippen molar-refractivity contribution >= 4 is 23.3 Å². The number of carbonyl (C=O) groups is 1. The normalized spacial score (nSPS) is 9.71. The van der Waals surface area contributed by atoms with Crippen molar-refractivity contribution in [2.75, 3.05) is 12.4 Å². The van der Waals surface area contributed by atoms with Gasteiger partial charge >= 0.3 is 6.03 Å². The maximum Gasteiger partial charge on any atom is 0.318 e. The summed E-state index contributed by atoms with van der Waals surface area (Å²) >= 11 is 5.99. The van der Waals surface area contributed by atoms with E-state index >= 15 is 0 Å². The van der Waals surface area contributed by atoms with Crippen molar-refractivity contribution in [3.8, 4) is 0 Å². The predicted octanol–water partition coefficient (Wildman–Crippen LogP) is 2.71. The standard InChI is InChI=1S/C10H13ClN2O/c1-6-4-8(13-10(14)12-3)5-7(2)9(6)11/h4-5H,1-3H3,(H2,12,13,14). The minimum absolute atomic E-state index is 0.230. The molecule has 3 nitrogen and oxygen atoms in total. The molecule has 0 aliphatic rings. The minimum Gasteiger partial charge on any atom is -0.341 e. The maximum atomic E-state index is 11.0. The Morgan fingerprint density at radius 2 is 1.79 bits per heavy atom. The molecule has 0 aromatic heterocycles. The number of rotatable bonds is 1. The Kier molecular flexibility index (Phi) is 3.36. The van der Waals surface area contributed by atoms with Crippen LogP contribution in [-0.2, 0) is 0 Å². The number of benzene rings is 1. The van der Waals surface area contributed by atoms with Gasteiger partial charge in [-0.25, -0.2) is 4.79 Å². The summed E-state index contributed by atoms with van der Waals surface area (Å²) in [6.07, 6.45) is 0. The topological polar surface area (TPSA) is 41.1 Å². The molecule has 0 saturated heterocycles. The molecule has 0 aliphatic heterocycles. The zero-order valence-corrected chi connectivity index (χ0v) is 9.20. The van der Waals surface area contributed by atoms with Crippen LogP contribution in [0.4, 0.5) is 10.5 Å². The molecule has 0 fully saturated rings. The van der Waals surface area contributed by atoms with Gasteiger partial charge in [-0.2, -0.15) is 0 Å². The first-order valence-electron chi connectivity index (χ1n) is 4.30. The Morgan fingerprint density at radius 1 is 1.29 bits per heavy atom. The molecule has 0 aliphatic carbocycles. The summed E-state index contributed by atoms with van der Waals surface area (Å²) in [7, 11) is 1.57.